The van der Waals surface area contributed by atoms with Gasteiger partial charge >= 0.3 is 0 Å². The van der Waals surface area contributed by atoms with Crippen LogP contribution < -0.4 is 10.0 Å². The number of carbonyl (C=O) groups excluding carboxylic acids is 1. The van der Waals surface area contributed by atoms with E-state index >= 15 is 0 Å². The van der Waals surface area contributed by atoms with Crippen LogP contribution in [0.4, 0.5) is 4.39 Å². The number of halogens is 1. The van der Waals surface area contributed by atoms with E-state index in [4.69, 9.17) is 0 Å². The molecular formula is C18H19FN2O3S. The highest BCUT2D eigenvalue weighted by Gasteiger charge is 2.08. The van der Waals surface area contributed by atoms with Crippen LogP contribution in [-0.2, 0) is 21.2 Å². The molecule has 1 amide bonds. The molecule has 0 aliphatic heterocycles. The molecule has 5 nitrogen and oxygen atoms in total. The summed E-state index contributed by atoms with van der Waals surface area (Å²) in [6, 6.07) is 15.0. The van der Waals surface area contributed by atoms with Gasteiger partial charge in [-0.3, -0.25) is 4.79 Å². The minimum atomic E-state index is -3.69. The molecule has 0 fully saturated rings. The molecule has 2 N–H and O–H groups in total. The summed E-state index contributed by atoms with van der Waals surface area (Å²) in [7, 11) is -3.69. The predicted molar refractivity (Wildman–Crippen MR) is 95.5 cm³/mol. The first-order chi connectivity index (χ1) is 11.9. The topological polar surface area (TPSA) is 75.3 Å². The van der Waals surface area contributed by atoms with Crippen molar-refractivity contribution in [1.82, 2.24) is 10.0 Å². The second-order valence-corrected chi connectivity index (χ2v) is 6.96. The van der Waals surface area contributed by atoms with Gasteiger partial charge in [0.1, 0.15) is 5.82 Å². The maximum absolute atomic E-state index is 12.8. The third-order valence-corrected chi connectivity index (χ3v) is 4.36. The molecule has 0 heterocycles. The van der Waals surface area contributed by atoms with Gasteiger partial charge in [-0.15, -0.1) is 0 Å². The molecule has 0 atom stereocenters. The second kappa shape index (κ2) is 9.10. The Hall–Kier alpha value is -2.51. The van der Waals surface area contributed by atoms with Crippen LogP contribution in [0.5, 0.6) is 0 Å². The Balaban J connectivity index is 1.73. The van der Waals surface area contributed by atoms with Crippen molar-refractivity contribution in [1.29, 1.82) is 0 Å². The van der Waals surface area contributed by atoms with Gasteiger partial charge in [0, 0.05) is 12.0 Å². The molecule has 0 aromatic heterocycles. The molecule has 2 rings (SSSR count). The van der Waals surface area contributed by atoms with E-state index in [1.807, 2.05) is 6.07 Å². The molecule has 0 saturated heterocycles. The minimum absolute atomic E-state index is 0.314. The summed E-state index contributed by atoms with van der Waals surface area (Å²) >= 11 is 0. The predicted octanol–water partition coefficient (Wildman–Crippen LogP) is 2.07. The molecule has 132 valence electrons. The molecule has 25 heavy (non-hydrogen) atoms. The third-order valence-electron chi connectivity index (χ3n) is 3.32. The first-order valence-corrected chi connectivity index (χ1v) is 9.23. The van der Waals surface area contributed by atoms with Crippen LogP contribution in [0.15, 0.2) is 60.0 Å². The van der Waals surface area contributed by atoms with Gasteiger partial charge in [-0.2, -0.15) is 0 Å². The number of hydrogen-bond acceptors (Lipinski definition) is 3. The third kappa shape index (κ3) is 7.28. The number of amides is 1. The number of carbonyl (C=O) groups is 1. The lowest BCUT2D eigenvalue weighted by molar-refractivity contribution is -0.119. The molecule has 2 aromatic carbocycles. The minimum Gasteiger partial charge on any atom is -0.355 e. The number of nitrogens with one attached hydrogen (secondary N) is 2. The van der Waals surface area contributed by atoms with E-state index < -0.39 is 15.9 Å². The van der Waals surface area contributed by atoms with Gasteiger partial charge in [-0.25, -0.2) is 17.5 Å². The summed E-state index contributed by atoms with van der Waals surface area (Å²) in [6.07, 6.45) is 1.99. The van der Waals surface area contributed by atoms with E-state index in [0.29, 0.717) is 13.0 Å². The highest BCUT2D eigenvalue weighted by atomic mass is 32.2. The zero-order chi connectivity index (χ0) is 18.1. The van der Waals surface area contributed by atoms with Crippen molar-refractivity contribution in [3.63, 3.8) is 0 Å². The van der Waals surface area contributed by atoms with E-state index in [0.717, 1.165) is 16.5 Å². The first-order valence-electron chi connectivity index (χ1n) is 7.68. The summed E-state index contributed by atoms with van der Waals surface area (Å²) in [4.78, 5) is 11.7. The molecule has 0 aliphatic rings. The van der Waals surface area contributed by atoms with Crippen LogP contribution >= 0.6 is 0 Å². The second-order valence-electron chi connectivity index (χ2n) is 5.31. The highest BCUT2D eigenvalue weighted by molar-refractivity contribution is 7.92. The Bertz CT molecular complexity index is 819. The van der Waals surface area contributed by atoms with E-state index in [9.17, 15) is 17.6 Å². The Morgan fingerprint density at radius 1 is 1.04 bits per heavy atom. The van der Waals surface area contributed by atoms with Crippen LogP contribution in [0.1, 0.15) is 11.1 Å². The van der Waals surface area contributed by atoms with Crippen LogP contribution in [0.25, 0.3) is 6.08 Å². The van der Waals surface area contributed by atoms with E-state index in [2.05, 4.69) is 10.0 Å². The first kappa shape index (κ1) is 18.8. The summed E-state index contributed by atoms with van der Waals surface area (Å²) in [5.41, 5.74) is 1.63. The molecule has 0 aliphatic carbocycles. The maximum atomic E-state index is 12.8. The summed E-state index contributed by atoms with van der Waals surface area (Å²) in [5.74, 6) is -0.746. The molecule has 2 aromatic rings. The highest BCUT2D eigenvalue weighted by Crippen LogP contribution is 2.03. The number of sulfonamides is 1. The standard InChI is InChI=1S/C18H19FN2O3S/c19-17-8-6-16(7-9-17)10-12-20-18(22)14-21-25(23,24)13-11-15-4-2-1-3-5-15/h1-9,11,13,21H,10,12,14H2,(H,20,22)/b13-11+. The average molecular weight is 362 g/mol. The molecule has 0 saturated carbocycles. The van der Waals surface area contributed by atoms with Crippen LogP contribution in [0.2, 0.25) is 0 Å². The Labute approximate surface area is 146 Å². The van der Waals surface area contributed by atoms with Crippen molar-refractivity contribution in [3.05, 3.63) is 76.9 Å². The van der Waals surface area contributed by atoms with Crippen molar-refractivity contribution < 1.29 is 17.6 Å². The van der Waals surface area contributed by atoms with Crippen molar-refractivity contribution >= 4 is 22.0 Å². The molecule has 0 bridgehead atoms. The molecule has 7 heteroatoms. The molecule has 0 radical (unpaired) electrons. The zero-order valence-electron chi connectivity index (χ0n) is 13.5. The Morgan fingerprint density at radius 3 is 2.40 bits per heavy atom. The number of rotatable bonds is 8. The SMILES string of the molecule is O=C(CNS(=O)(=O)/C=C/c1ccccc1)NCCc1ccc(F)cc1. The van der Waals surface area contributed by atoms with Crippen molar-refractivity contribution in [2.75, 3.05) is 13.1 Å². The Morgan fingerprint density at radius 2 is 1.72 bits per heavy atom. The van der Waals surface area contributed by atoms with E-state index in [1.165, 1.54) is 18.2 Å². The largest absolute Gasteiger partial charge is 0.355 e. The fourth-order valence-electron chi connectivity index (χ4n) is 2.01. The lowest BCUT2D eigenvalue weighted by atomic mass is 10.1. The average Bonchev–Trinajstić information content (AvgIpc) is 2.61. The van der Waals surface area contributed by atoms with Gasteiger partial charge in [0.2, 0.25) is 15.9 Å². The number of benzene rings is 2. The quantitative estimate of drug-likeness (QED) is 0.755. The fraction of sp³-hybridized carbons (Fsp3) is 0.167. The summed E-state index contributed by atoms with van der Waals surface area (Å²) in [5, 5.41) is 3.63. The smallest absolute Gasteiger partial charge is 0.235 e. The maximum Gasteiger partial charge on any atom is 0.235 e. The van der Waals surface area contributed by atoms with Crippen LogP contribution in [0.3, 0.4) is 0 Å². The summed E-state index contributed by atoms with van der Waals surface area (Å²) < 4.78 is 38.6. The molecule has 0 unspecified atom stereocenters. The van der Waals surface area contributed by atoms with Crippen molar-refractivity contribution in [2.24, 2.45) is 0 Å². The van der Waals surface area contributed by atoms with Gasteiger partial charge in [0.15, 0.2) is 0 Å². The van der Waals surface area contributed by atoms with Crippen molar-refractivity contribution in [2.45, 2.75) is 6.42 Å². The van der Waals surface area contributed by atoms with Gasteiger partial charge in [-0.05, 0) is 35.8 Å². The fourth-order valence-corrected chi connectivity index (χ4v) is 2.77. The van der Waals surface area contributed by atoms with Gasteiger partial charge < -0.3 is 5.32 Å². The van der Waals surface area contributed by atoms with Gasteiger partial charge in [-0.1, -0.05) is 42.5 Å². The number of hydrogen-bond donors (Lipinski definition) is 2. The zero-order valence-corrected chi connectivity index (χ0v) is 14.3. The van der Waals surface area contributed by atoms with Gasteiger partial charge in [0.25, 0.3) is 0 Å². The van der Waals surface area contributed by atoms with E-state index in [1.54, 1.807) is 36.4 Å². The lowest BCUT2D eigenvalue weighted by Gasteiger charge is -2.06. The summed E-state index contributed by atoms with van der Waals surface area (Å²) in [6.45, 7) is -0.00305. The van der Waals surface area contributed by atoms with Crippen LogP contribution in [-0.4, -0.2) is 27.4 Å². The molecule has 0 spiro atoms. The monoisotopic (exact) mass is 362 g/mol. The molecular weight excluding hydrogens is 343 g/mol. The van der Waals surface area contributed by atoms with Crippen molar-refractivity contribution in [3.8, 4) is 0 Å². The van der Waals surface area contributed by atoms with Gasteiger partial charge in [0.05, 0.1) is 6.54 Å². The van der Waals surface area contributed by atoms with Crippen LogP contribution in [0, 0.1) is 5.82 Å². The van der Waals surface area contributed by atoms with E-state index in [-0.39, 0.29) is 12.4 Å². The lowest BCUT2D eigenvalue weighted by Crippen LogP contribution is -2.36. The Kier molecular flexibility index (Phi) is 6.85. The normalized spacial score (nSPS) is 11.6.